The maximum atomic E-state index is 12.8. The number of anilines is 1. The van der Waals surface area contributed by atoms with Crippen LogP contribution in [-0.2, 0) is 19.0 Å². The van der Waals surface area contributed by atoms with E-state index in [1.54, 1.807) is 4.57 Å². The Bertz CT molecular complexity index is 1280. The van der Waals surface area contributed by atoms with E-state index in [9.17, 15) is 14.4 Å². The van der Waals surface area contributed by atoms with Gasteiger partial charge in [-0.05, 0) is 16.9 Å². The fourth-order valence-electron chi connectivity index (χ4n) is 3.42. The largest absolute Gasteiger partial charge is 0.384 e. The second kappa shape index (κ2) is 9.38. The second-order valence-electron chi connectivity index (χ2n) is 9.43. The summed E-state index contributed by atoms with van der Waals surface area (Å²) in [6.07, 6.45) is 0. The Morgan fingerprint density at radius 3 is 2.36 bits per heavy atom. The van der Waals surface area contributed by atoms with Crippen LogP contribution in [0.4, 0.5) is 5.82 Å². The molecule has 0 saturated carbocycles. The number of hydrogen-bond acceptors (Lipinski definition) is 7. The predicted octanol–water partition coefficient (Wildman–Crippen LogP) is 2.84. The van der Waals surface area contributed by atoms with Crippen molar-refractivity contribution in [3.05, 3.63) is 56.2 Å². The quantitative estimate of drug-likeness (QED) is 0.401. The maximum Gasteiger partial charge on any atom is 0.329 e. The fourth-order valence-corrected chi connectivity index (χ4v) is 4.20. The van der Waals surface area contributed by atoms with Crippen LogP contribution in [0.1, 0.15) is 50.5 Å². The van der Waals surface area contributed by atoms with Crippen LogP contribution in [0, 0.1) is 5.92 Å². The minimum Gasteiger partial charge on any atom is -0.384 e. The van der Waals surface area contributed by atoms with Gasteiger partial charge < -0.3 is 10.3 Å². The van der Waals surface area contributed by atoms with Crippen molar-refractivity contribution in [3.63, 3.8) is 0 Å². The summed E-state index contributed by atoms with van der Waals surface area (Å²) < 4.78 is 3.03. The van der Waals surface area contributed by atoms with Gasteiger partial charge >= 0.3 is 5.69 Å². The first-order chi connectivity index (χ1) is 15.4. The highest BCUT2D eigenvalue weighted by atomic mass is 32.2. The molecule has 0 saturated heterocycles. The number of nitrogens with one attached hydrogen (secondary N) is 1. The third kappa shape index (κ3) is 5.27. The smallest absolute Gasteiger partial charge is 0.329 e. The van der Waals surface area contributed by atoms with E-state index < -0.39 is 17.0 Å². The molecule has 176 valence electrons. The van der Waals surface area contributed by atoms with E-state index in [0.717, 1.165) is 17.3 Å². The molecule has 3 rings (SSSR count). The lowest BCUT2D eigenvalue weighted by Crippen LogP contribution is -2.37. The Kier molecular flexibility index (Phi) is 6.97. The van der Waals surface area contributed by atoms with Crippen LogP contribution in [0.2, 0.25) is 0 Å². The number of Topliss-reactive ketones (excluding diaryl/α,β-unsaturated/α-hetero) is 1. The topological polar surface area (TPSA) is 129 Å². The summed E-state index contributed by atoms with van der Waals surface area (Å²) in [5.41, 5.74) is 6.62. The zero-order valence-electron chi connectivity index (χ0n) is 19.8. The predicted molar refractivity (Wildman–Crippen MR) is 131 cm³/mol. The van der Waals surface area contributed by atoms with Crippen molar-refractivity contribution in [2.24, 2.45) is 13.0 Å². The Balaban J connectivity index is 1.80. The van der Waals surface area contributed by atoms with Crippen LogP contribution in [0.3, 0.4) is 0 Å². The molecule has 0 aliphatic heterocycles. The van der Waals surface area contributed by atoms with Gasteiger partial charge in [0.05, 0.1) is 5.75 Å². The number of hydrogen-bond donors (Lipinski definition) is 2. The highest BCUT2D eigenvalue weighted by Gasteiger charge is 2.21. The van der Waals surface area contributed by atoms with E-state index >= 15 is 0 Å². The monoisotopic (exact) mass is 470 g/mol. The van der Waals surface area contributed by atoms with E-state index in [2.05, 4.69) is 48.1 Å². The number of nitrogen functional groups attached to an aromatic ring is 1. The number of ketones is 1. The molecule has 0 atom stereocenters. The van der Waals surface area contributed by atoms with Gasteiger partial charge in [0, 0.05) is 19.2 Å². The van der Waals surface area contributed by atoms with Crippen LogP contribution in [-0.4, -0.2) is 35.9 Å². The lowest BCUT2D eigenvalue weighted by molar-refractivity contribution is 0.102. The summed E-state index contributed by atoms with van der Waals surface area (Å²) in [5, 5.41) is 8.99. The second-order valence-corrected chi connectivity index (χ2v) is 10.4. The minimum atomic E-state index is -0.777. The van der Waals surface area contributed by atoms with Crippen molar-refractivity contribution in [1.29, 1.82) is 0 Å². The lowest BCUT2D eigenvalue weighted by Gasteiger charge is -2.19. The van der Waals surface area contributed by atoms with Crippen molar-refractivity contribution in [2.75, 3.05) is 11.5 Å². The molecule has 0 radical (unpaired) electrons. The molecule has 0 bridgehead atoms. The first kappa shape index (κ1) is 24.5. The standard InChI is InChI=1S/C23H30N6O3S/c1-13(2)11-29-18(24)17(20(31)25-21(29)32)16(30)12-33-22-27-26-19(28(22)6)14-7-9-15(10-8-14)23(3,4)5/h7-10,13H,11-12,24H2,1-6H3,(H,25,31,32). The Morgan fingerprint density at radius 1 is 1.15 bits per heavy atom. The molecule has 0 aliphatic carbocycles. The van der Waals surface area contributed by atoms with Crippen LogP contribution in [0.25, 0.3) is 11.4 Å². The molecule has 0 unspecified atom stereocenters. The molecule has 0 aliphatic rings. The van der Waals surface area contributed by atoms with Crippen molar-refractivity contribution in [1.82, 2.24) is 24.3 Å². The van der Waals surface area contributed by atoms with Crippen LogP contribution >= 0.6 is 11.8 Å². The van der Waals surface area contributed by atoms with Crippen molar-refractivity contribution < 1.29 is 4.79 Å². The molecule has 0 amide bonds. The molecule has 10 heteroatoms. The van der Waals surface area contributed by atoms with Gasteiger partial charge in [0.1, 0.15) is 11.4 Å². The van der Waals surface area contributed by atoms with Crippen molar-refractivity contribution >= 4 is 23.4 Å². The number of carbonyl (C=O) groups is 1. The highest BCUT2D eigenvalue weighted by Crippen LogP contribution is 2.27. The number of nitrogens with zero attached hydrogens (tertiary/aromatic N) is 4. The average Bonchev–Trinajstić information content (AvgIpc) is 3.09. The molecule has 9 nitrogen and oxygen atoms in total. The number of benzene rings is 1. The van der Waals surface area contributed by atoms with Crippen LogP contribution < -0.4 is 17.0 Å². The fraction of sp³-hybridized carbons (Fsp3) is 0.435. The Morgan fingerprint density at radius 2 is 1.79 bits per heavy atom. The molecule has 2 aromatic heterocycles. The van der Waals surface area contributed by atoms with Gasteiger partial charge in [-0.15, -0.1) is 10.2 Å². The number of aromatic nitrogens is 5. The van der Waals surface area contributed by atoms with E-state index in [1.807, 2.05) is 33.0 Å². The zero-order valence-corrected chi connectivity index (χ0v) is 20.6. The van der Waals surface area contributed by atoms with Gasteiger partial charge in [-0.3, -0.25) is 19.1 Å². The molecule has 3 aromatic rings. The summed E-state index contributed by atoms with van der Waals surface area (Å²) in [5.74, 6) is 0.134. The van der Waals surface area contributed by atoms with Crippen LogP contribution in [0.5, 0.6) is 0 Å². The molecular formula is C23H30N6O3S. The summed E-state index contributed by atoms with van der Waals surface area (Å²) >= 11 is 1.16. The van der Waals surface area contributed by atoms with Gasteiger partial charge in [-0.1, -0.05) is 70.6 Å². The van der Waals surface area contributed by atoms with E-state index in [4.69, 9.17) is 5.73 Å². The number of rotatable bonds is 7. The Hall–Kier alpha value is -3.14. The number of carbonyl (C=O) groups excluding carboxylic acids is 1. The van der Waals surface area contributed by atoms with Crippen molar-refractivity contribution in [2.45, 2.75) is 51.7 Å². The lowest BCUT2D eigenvalue weighted by atomic mass is 9.87. The molecule has 33 heavy (non-hydrogen) atoms. The van der Waals surface area contributed by atoms with Gasteiger partial charge in [0.2, 0.25) is 0 Å². The normalized spacial score (nSPS) is 11.8. The first-order valence-corrected chi connectivity index (χ1v) is 11.7. The number of H-pyrrole nitrogens is 1. The molecule has 1 aromatic carbocycles. The average molecular weight is 471 g/mol. The third-order valence-electron chi connectivity index (χ3n) is 5.24. The molecular weight excluding hydrogens is 440 g/mol. The zero-order chi connectivity index (χ0) is 24.5. The van der Waals surface area contributed by atoms with Crippen molar-refractivity contribution in [3.8, 4) is 11.4 Å². The van der Waals surface area contributed by atoms with Gasteiger partial charge in [-0.25, -0.2) is 4.79 Å². The molecule has 0 spiro atoms. The van der Waals surface area contributed by atoms with Crippen LogP contribution in [0.15, 0.2) is 39.0 Å². The summed E-state index contributed by atoms with van der Waals surface area (Å²) in [7, 11) is 1.82. The molecule has 2 heterocycles. The minimum absolute atomic E-state index is 0.0527. The molecule has 0 fully saturated rings. The number of aromatic amines is 1. The summed E-state index contributed by atoms with van der Waals surface area (Å²) in [6, 6.07) is 8.15. The number of nitrogens with two attached hydrogens (primary N) is 1. The number of thioether (sulfide) groups is 1. The van der Waals surface area contributed by atoms with Gasteiger partial charge in [0.15, 0.2) is 16.8 Å². The van der Waals surface area contributed by atoms with Gasteiger partial charge in [0.25, 0.3) is 5.56 Å². The SMILES string of the molecule is CC(C)Cn1c(N)c(C(=O)CSc2nnc(-c3ccc(C(C)(C)C)cc3)n2C)c(=O)[nH]c1=O. The van der Waals surface area contributed by atoms with E-state index in [1.165, 1.54) is 10.1 Å². The first-order valence-electron chi connectivity index (χ1n) is 10.7. The summed E-state index contributed by atoms with van der Waals surface area (Å²) in [6.45, 7) is 10.6. The van der Waals surface area contributed by atoms with E-state index in [0.29, 0.717) is 17.5 Å². The van der Waals surface area contributed by atoms with E-state index in [-0.39, 0.29) is 28.5 Å². The molecule has 3 N–H and O–H groups in total. The van der Waals surface area contributed by atoms with Gasteiger partial charge in [-0.2, -0.15) is 0 Å². The summed E-state index contributed by atoms with van der Waals surface area (Å²) in [4.78, 5) is 39.4. The Labute approximate surface area is 196 Å². The third-order valence-corrected chi connectivity index (χ3v) is 6.26. The maximum absolute atomic E-state index is 12.8. The highest BCUT2D eigenvalue weighted by molar-refractivity contribution is 7.99.